The van der Waals surface area contributed by atoms with Gasteiger partial charge in [-0.05, 0) is 0 Å². The van der Waals surface area contributed by atoms with Crippen LogP contribution in [-0.2, 0) is 0 Å². The standard InChI is InChI=1S/6CH3.H2N.2Sn/h6*1H3;1H2;;/q;;;;;;-1;;. The van der Waals surface area contributed by atoms with Crippen molar-refractivity contribution in [2.24, 2.45) is 0 Å². The predicted molar refractivity (Wildman–Crippen MR) is 52.0 cm³/mol. The Balaban J connectivity index is -0.0000000720. The predicted octanol–water partition coefficient (Wildman–Crippen LogP) is 3.46. The van der Waals surface area contributed by atoms with E-state index >= 15 is 0 Å². The molecule has 0 amide bonds. The van der Waals surface area contributed by atoms with E-state index in [2.05, 4.69) is 29.6 Å². The summed E-state index contributed by atoms with van der Waals surface area (Å²) in [4.78, 5) is 14.2. The molecule has 1 nitrogen and oxygen atoms in total. The molecule has 0 rings (SSSR count). The van der Waals surface area contributed by atoms with E-state index in [0.29, 0.717) is 0 Å². The molecular weight excluding hydrogens is 323 g/mol. The summed E-state index contributed by atoms with van der Waals surface area (Å²) in [6.45, 7) is 0. The van der Waals surface area contributed by atoms with Crippen LogP contribution < -0.4 is 0 Å². The molecule has 0 saturated carbocycles. The van der Waals surface area contributed by atoms with Gasteiger partial charge in [0.25, 0.3) is 0 Å². The van der Waals surface area contributed by atoms with Crippen molar-refractivity contribution in [3.05, 3.63) is 6.15 Å². The molecule has 0 aliphatic rings. The summed E-state index contributed by atoms with van der Waals surface area (Å²) in [5.41, 5.74) is 0. The van der Waals surface area contributed by atoms with Crippen molar-refractivity contribution in [1.82, 2.24) is 0 Å². The van der Waals surface area contributed by atoms with Gasteiger partial charge < -0.3 is 6.15 Å². The molecule has 9 heavy (non-hydrogen) atoms. The quantitative estimate of drug-likeness (QED) is 0.604. The molecule has 0 heterocycles. The number of nitrogens with two attached hydrogens (primary N) is 1. The van der Waals surface area contributed by atoms with Crippen LogP contribution in [0, 0.1) is 0 Å². The molecule has 0 aromatic heterocycles. The van der Waals surface area contributed by atoms with E-state index < -0.39 is 39.5 Å². The summed E-state index contributed by atoms with van der Waals surface area (Å²) in [6.07, 6.45) is 0. The first-order valence-corrected chi connectivity index (χ1v) is 20.1. The normalized spacial score (nSPS) is 8.00. The minimum Gasteiger partial charge on any atom is -0.693 e. The first-order valence-electron chi connectivity index (χ1n) is 3.00. The molecule has 2 N–H and O–H groups in total. The van der Waals surface area contributed by atoms with Crippen molar-refractivity contribution in [3.8, 4) is 0 Å². The van der Waals surface area contributed by atoms with E-state index in [0.717, 1.165) is 0 Å². The van der Waals surface area contributed by atoms with Crippen LogP contribution in [0.25, 0.3) is 6.15 Å². The van der Waals surface area contributed by atoms with E-state index in [9.17, 15) is 0 Å². The van der Waals surface area contributed by atoms with Crippen LogP contribution in [0.4, 0.5) is 0 Å². The van der Waals surface area contributed by atoms with Crippen LogP contribution in [0.5, 0.6) is 0 Å². The molecule has 0 bridgehead atoms. The van der Waals surface area contributed by atoms with E-state index in [-0.39, 0.29) is 6.15 Å². The zero-order valence-corrected chi connectivity index (χ0v) is 13.3. The van der Waals surface area contributed by atoms with Gasteiger partial charge in [-0.2, -0.15) is 0 Å². The summed E-state index contributed by atoms with van der Waals surface area (Å²) in [7, 11) is 0. The third-order valence-corrected chi connectivity index (χ3v) is 0. The van der Waals surface area contributed by atoms with Crippen LogP contribution in [0.3, 0.4) is 0 Å². The van der Waals surface area contributed by atoms with Gasteiger partial charge >= 0.3 is 69.2 Å². The van der Waals surface area contributed by atoms with E-state index in [1.54, 1.807) is 0 Å². The van der Waals surface area contributed by atoms with Crippen LogP contribution in [-0.4, -0.2) is 39.5 Å². The maximum Gasteiger partial charge on any atom is -0.693 e. The van der Waals surface area contributed by atoms with Crippen molar-refractivity contribution in [3.63, 3.8) is 0 Å². The van der Waals surface area contributed by atoms with Crippen molar-refractivity contribution in [2.75, 3.05) is 0 Å². The van der Waals surface area contributed by atoms with Crippen LogP contribution >= 0.6 is 0 Å². The Labute approximate surface area is 74.7 Å². The van der Waals surface area contributed by atoms with Gasteiger partial charge in [-0.3, -0.25) is 0 Å². The minimum absolute atomic E-state index is 0. The Hall–Kier alpha value is 1.56. The molecule has 2 radical (unpaired) electrons. The molecule has 0 aromatic carbocycles. The molecule has 0 spiro atoms. The van der Waals surface area contributed by atoms with Gasteiger partial charge in [0.05, 0.1) is 0 Å². The Kier molecular flexibility index (Phi) is 23.0. The molecule has 0 aromatic rings. The van der Waals surface area contributed by atoms with Crippen LogP contribution in [0.2, 0.25) is 29.6 Å². The number of rotatable bonds is 0. The van der Waals surface area contributed by atoms with Gasteiger partial charge in [0, 0.05) is 0 Å². The van der Waals surface area contributed by atoms with Crippen LogP contribution in [0.15, 0.2) is 0 Å². The minimum atomic E-state index is -0.543. The molecule has 0 saturated heterocycles. The Morgan fingerprint density at radius 3 is 0.556 bits per heavy atom. The molecule has 0 fully saturated rings. The maximum absolute atomic E-state index is 2.36. The van der Waals surface area contributed by atoms with Crippen molar-refractivity contribution < 1.29 is 0 Å². The van der Waals surface area contributed by atoms with Gasteiger partial charge in [0.1, 0.15) is 0 Å². The van der Waals surface area contributed by atoms with Gasteiger partial charge in [0.2, 0.25) is 0 Å². The molecule has 0 aliphatic carbocycles. The van der Waals surface area contributed by atoms with E-state index in [1.165, 1.54) is 0 Å². The largest absolute Gasteiger partial charge is 0.693 e. The first-order chi connectivity index (χ1) is 3.46. The van der Waals surface area contributed by atoms with Crippen molar-refractivity contribution in [2.45, 2.75) is 29.6 Å². The monoisotopic (exact) mass is 346 g/mol. The third kappa shape index (κ3) is 225. The molecule has 0 unspecified atom stereocenters. The Morgan fingerprint density at radius 2 is 0.556 bits per heavy atom. The smallest absolute Gasteiger partial charge is 0.693 e. The topological polar surface area (TPSA) is 33.5 Å². The van der Waals surface area contributed by atoms with Crippen molar-refractivity contribution >= 4 is 39.5 Å². The van der Waals surface area contributed by atoms with E-state index in [4.69, 9.17) is 0 Å². The summed E-state index contributed by atoms with van der Waals surface area (Å²) in [6, 6.07) is 0. The summed E-state index contributed by atoms with van der Waals surface area (Å²) in [5.74, 6) is 0. The Bertz CT molecular complexity index is 26.5. The maximum atomic E-state index is 2.36. The Morgan fingerprint density at radius 1 is 0.556 bits per heavy atom. The van der Waals surface area contributed by atoms with Gasteiger partial charge in [-0.1, -0.05) is 0 Å². The first kappa shape index (κ1) is 16.9. The van der Waals surface area contributed by atoms with Crippen molar-refractivity contribution in [1.29, 1.82) is 0 Å². The number of hydrogen-bond acceptors (Lipinski definition) is 0. The molecule has 3 heteroatoms. The fourth-order valence-corrected chi connectivity index (χ4v) is 0. The SMILES string of the molecule is [CH3][Sn]([CH3])[CH3].[CH3][Sn]([CH3])[CH3].[NH2-]. The average molecular weight is 344 g/mol. The van der Waals surface area contributed by atoms with Crippen LogP contribution in [0.1, 0.15) is 0 Å². The fourth-order valence-electron chi connectivity index (χ4n) is 0. The average Bonchev–Trinajstić information content (AvgIpc) is 1.25. The molecule has 58 valence electrons. The molecular formula is C6H20NSn2-. The second-order valence-electron chi connectivity index (χ2n) is 3.00. The van der Waals surface area contributed by atoms with Gasteiger partial charge in [-0.15, -0.1) is 0 Å². The zero-order chi connectivity index (χ0) is 7.15. The number of hydrogen-bond donors (Lipinski definition) is 0. The van der Waals surface area contributed by atoms with Gasteiger partial charge in [-0.25, -0.2) is 0 Å². The second-order valence-corrected chi connectivity index (χ2v) is 20.1. The molecule has 0 atom stereocenters. The molecule has 0 aliphatic heterocycles. The van der Waals surface area contributed by atoms with Gasteiger partial charge in [0.15, 0.2) is 0 Å². The summed E-state index contributed by atoms with van der Waals surface area (Å²) >= 11 is -1.09. The third-order valence-electron chi connectivity index (χ3n) is 0. The second kappa shape index (κ2) is 12.3. The summed E-state index contributed by atoms with van der Waals surface area (Å²) < 4.78 is 0. The van der Waals surface area contributed by atoms with E-state index in [1.807, 2.05) is 0 Å². The summed E-state index contributed by atoms with van der Waals surface area (Å²) in [5, 5.41) is 0. The zero-order valence-electron chi connectivity index (χ0n) is 7.58. The fraction of sp³-hybridized carbons (Fsp3) is 1.00.